The van der Waals surface area contributed by atoms with Gasteiger partial charge < -0.3 is 15.0 Å². The van der Waals surface area contributed by atoms with E-state index in [2.05, 4.69) is 58.3 Å². The first-order valence-electron chi connectivity index (χ1n) is 8.09. The van der Waals surface area contributed by atoms with Crippen LogP contribution in [0.4, 0.5) is 0 Å². The fraction of sp³-hybridized carbons (Fsp3) is 0.333. The molecule has 0 unspecified atom stereocenters. The van der Waals surface area contributed by atoms with Crippen molar-refractivity contribution >= 4 is 46.9 Å². The second-order valence-electron chi connectivity index (χ2n) is 5.77. The van der Waals surface area contributed by atoms with E-state index in [1.165, 1.54) is 15.3 Å². The van der Waals surface area contributed by atoms with Crippen LogP contribution < -0.4 is 10.6 Å². The highest BCUT2D eigenvalue weighted by Crippen LogP contribution is 2.14. The third-order valence-corrected chi connectivity index (χ3v) is 4.85. The molecule has 0 radical (unpaired) electrons. The molecular weight excluding hydrogens is 445 g/mol. The van der Waals surface area contributed by atoms with Gasteiger partial charge in [0.25, 0.3) is 0 Å². The highest BCUT2D eigenvalue weighted by atomic mass is 127. The van der Waals surface area contributed by atoms with Gasteiger partial charge in [0, 0.05) is 42.2 Å². The summed E-state index contributed by atoms with van der Waals surface area (Å²) in [5.41, 5.74) is 3.31. The molecule has 25 heavy (non-hydrogen) atoms. The minimum Gasteiger partial charge on any atom is -0.356 e. The standard InChI is InChI=1S/C18H23N5S.HI/c1-13-5-4-10-23-12-15(22-17(13)23)8-9-20-18(19-3)21-11-16-7-6-14(2)24-16;/h4-7,10,12H,8-9,11H2,1-3H3,(H2,19,20,21);1H. The van der Waals surface area contributed by atoms with E-state index < -0.39 is 0 Å². The van der Waals surface area contributed by atoms with E-state index in [-0.39, 0.29) is 24.0 Å². The summed E-state index contributed by atoms with van der Waals surface area (Å²) in [6.07, 6.45) is 4.99. The first-order chi connectivity index (χ1) is 11.7. The van der Waals surface area contributed by atoms with E-state index >= 15 is 0 Å². The van der Waals surface area contributed by atoms with Gasteiger partial charge in [-0.05, 0) is 37.6 Å². The Morgan fingerprint density at radius 1 is 1.24 bits per heavy atom. The van der Waals surface area contributed by atoms with Gasteiger partial charge in [-0.15, -0.1) is 35.3 Å². The zero-order chi connectivity index (χ0) is 16.9. The second-order valence-corrected chi connectivity index (χ2v) is 7.14. The lowest BCUT2D eigenvalue weighted by molar-refractivity contribution is 0.791. The summed E-state index contributed by atoms with van der Waals surface area (Å²) in [4.78, 5) is 11.6. The van der Waals surface area contributed by atoms with E-state index in [9.17, 15) is 0 Å². The molecule has 0 atom stereocenters. The van der Waals surface area contributed by atoms with Crippen LogP contribution in [0.15, 0.2) is 41.7 Å². The Morgan fingerprint density at radius 3 is 2.76 bits per heavy atom. The number of fused-ring (bicyclic) bond motifs is 1. The molecule has 3 heterocycles. The van der Waals surface area contributed by atoms with E-state index in [0.29, 0.717) is 0 Å². The van der Waals surface area contributed by atoms with Gasteiger partial charge in [-0.2, -0.15) is 0 Å². The Bertz CT molecular complexity index is 852. The highest BCUT2D eigenvalue weighted by molar-refractivity contribution is 14.0. The van der Waals surface area contributed by atoms with Gasteiger partial charge >= 0.3 is 0 Å². The quantitative estimate of drug-likeness (QED) is 0.342. The number of hydrogen-bond donors (Lipinski definition) is 2. The topological polar surface area (TPSA) is 53.7 Å². The maximum Gasteiger partial charge on any atom is 0.191 e. The van der Waals surface area contributed by atoms with Crippen LogP contribution in [0.2, 0.25) is 0 Å². The monoisotopic (exact) mass is 469 g/mol. The number of aliphatic imine (C=N–C) groups is 1. The number of pyridine rings is 1. The number of aryl methyl sites for hydroxylation is 2. The van der Waals surface area contributed by atoms with Crippen molar-refractivity contribution in [1.82, 2.24) is 20.0 Å². The lowest BCUT2D eigenvalue weighted by Gasteiger charge is -2.10. The minimum absolute atomic E-state index is 0. The molecule has 2 N–H and O–H groups in total. The lowest BCUT2D eigenvalue weighted by atomic mass is 10.3. The van der Waals surface area contributed by atoms with Crippen LogP contribution in [0.5, 0.6) is 0 Å². The molecule has 134 valence electrons. The number of nitrogens with zero attached hydrogens (tertiary/aromatic N) is 3. The third-order valence-electron chi connectivity index (χ3n) is 3.85. The van der Waals surface area contributed by atoms with Gasteiger partial charge in [0.15, 0.2) is 5.96 Å². The van der Waals surface area contributed by atoms with Crippen LogP contribution in [-0.4, -0.2) is 28.9 Å². The Morgan fingerprint density at radius 2 is 2.08 bits per heavy atom. The van der Waals surface area contributed by atoms with Crippen molar-refractivity contribution < 1.29 is 0 Å². The molecule has 0 saturated heterocycles. The van der Waals surface area contributed by atoms with Gasteiger partial charge in [0.05, 0.1) is 12.2 Å². The van der Waals surface area contributed by atoms with Crippen LogP contribution in [0.3, 0.4) is 0 Å². The number of hydrogen-bond acceptors (Lipinski definition) is 3. The van der Waals surface area contributed by atoms with E-state index in [1.54, 1.807) is 18.4 Å². The average Bonchev–Trinajstić information content (AvgIpc) is 3.17. The van der Waals surface area contributed by atoms with Crippen LogP contribution >= 0.6 is 35.3 Å². The normalized spacial score (nSPS) is 11.4. The largest absolute Gasteiger partial charge is 0.356 e. The Labute approximate surface area is 169 Å². The fourth-order valence-electron chi connectivity index (χ4n) is 2.61. The summed E-state index contributed by atoms with van der Waals surface area (Å²) in [6, 6.07) is 8.43. The van der Waals surface area contributed by atoms with E-state index in [4.69, 9.17) is 4.98 Å². The Kier molecular flexibility index (Phi) is 7.24. The maximum absolute atomic E-state index is 4.70. The smallest absolute Gasteiger partial charge is 0.191 e. The van der Waals surface area contributed by atoms with Gasteiger partial charge in [0.2, 0.25) is 0 Å². The molecule has 0 fully saturated rings. The third kappa shape index (κ3) is 5.18. The van der Waals surface area contributed by atoms with Crippen molar-refractivity contribution in [3.8, 4) is 0 Å². The zero-order valence-corrected chi connectivity index (χ0v) is 17.9. The van der Waals surface area contributed by atoms with Crippen LogP contribution in [0.1, 0.15) is 21.0 Å². The van der Waals surface area contributed by atoms with Crippen molar-refractivity contribution in [3.05, 3.63) is 57.7 Å². The van der Waals surface area contributed by atoms with E-state index in [0.717, 1.165) is 36.8 Å². The molecule has 0 amide bonds. The summed E-state index contributed by atoms with van der Waals surface area (Å²) in [5.74, 6) is 0.820. The van der Waals surface area contributed by atoms with Crippen molar-refractivity contribution in [1.29, 1.82) is 0 Å². The molecule has 3 aromatic heterocycles. The molecule has 3 rings (SSSR count). The number of aromatic nitrogens is 2. The van der Waals surface area contributed by atoms with Crippen molar-refractivity contribution in [2.24, 2.45) is 4.99 Å². The number of halogens is 1. The SMILES string of the molecule is CN=C(NCCc1cn2cccc(C)c2n1)NCc1ccc(C)s1.I. The predicted molar refractivity (Wildman–Crippen MR) is 116 cm³/mol. The molecular formula is C18H24IN5S. The molecule has 3 aromatic rings. The minimum atomic E-state index is 0. The van der Waals surface area contributed by atoms with Crippen LogP contribution in [0, 0.1) is 13.8 Å². The maximum atomic E-state index is 4.70. The molecule has 0 saturated carbocycles. The van der Waals surface area contributed by atoms with Crippen LogP contribution in [-0.2, 0) is 13.0 Å². The van der Waals surface area contributed by atoms with Crippen molar-refractivity contribution in [3.63, 3.8) is 0 Å². The summed E-state index contributed by atoms with van der Waals surface area (Å²) in [6.45, 7) is 5.80. The number of imidazole rings is 1. The summed E-state index contributed by atoms with van der Waals surface area (Å²) < 4.78 is 2.08. The van der Waals surface area contributed by atoms with Gasteiger partial charge in [-0.1, -0.05) is 6.07 Å². The predicted octanol–water partition coefficient (Wildman–Crippen LogP) is 3.54. The fourth-order valence-corrected chi connectivity index (χ4v) is 3.44. The zero-order valence-electron chi connectivity index (χ0n) is 14.7. The number of thiophene rings is 1. The molecule has 0 bridgehead atoms. The molecule has 7 heteroatoms. The lowest BCUT2D eigenvalue weighted by Crippen LogP contribution is -2.37. The molecule has 0 aliphatic carbocycles. The summed E-state index contributed by atoms with van der Waals surface area (Å²) in [7, 11) is 1.79. The molecule has 0 aromatic carbocycles. The van der Waals surface area contributed by atoms with Crippen molar-refractivity contribution in [2.75, 3.05) is 13.6 Å². The van der Waals surface area contributed by atoms with Gasteiger partial charge in [0.1, 0.15) is 5.65 Å². The van der Waals surface area contributed by atoms with Gasteiger partial charge in [-0.25, -0.2) is 4.98 Å². The molecule has 0 aliphatic heterocycles. The molecule has 5 nitrogen and oxygen atoms in total. The first-order valence-corrected chi connectivity index (χ1v) is 8.90. The summed E-state index contributed by atoms with van der Waals surface area (Å²) in [5, 5.41) is 6.69. The first kappa shape index (κ1) is 19.7. The van der Waals surface area contributed by atoms with Gasteiger partial charge in [-0.3, -0.25) is 4.99 Å². The number of guanidine groups is 1. The Hall–Kier alpha value is -1.61. The molecule has 0 aliphatic rings. The number of rotatable bonds is 5. The van der Waals surface area contributed by atoms with Crippen LogP contribution in [0.25, 0.3) is 5.65 Å². The second kappa shape index (κ2) is 9.19. The highest BCUT2D eigenvalue weighted by Gasteiger charge is 2.04. The number of nitrogens with one attached hydrogen (secondary N) is 2. The van der Waals surface area contributed by atoms with Crippen molar-refractivity contribution in [2.45, 2.75) is 26.8 Å². The van der Waals surface area contributed by atoms with E-state index in [1.807, 2.05) is 12.3 Å². The summed E-state index contributed by atoms with van der Waals surface area (Å²) >= 11 is 1.81. The average molecular weight is 469 g/mol. The Balaban J connectivity index is 0.00000225. The molecule has 0 spiro atoms.